The van der Waals surface area contributed by atoms with Crippen LogP contribution in [0.1, 0.15) is 27.8 Å². The van der Waals surface area contributed by atoms with Gasteiger partial charge in [0.1, 0.15) is 17.2 Å². The number of aliphatic carboxylic acids is 1. The van der Waals surface area contributed by atoms with Crippen molar-refractivity contribution in [1.29, 1.82) is 0 Å². The van der Waals surface area contributed by atoms with Crippen molar-refractivity contribution in [2.45, 2.75) is 39.7 Å². The number of fused-ring (bicyclic) bond motifs is 2. The molecule has 0 bridgehead atoms. The zero-order valence-electron chi connectivity index (χ0n) is 22.6. The van der Waals surface area contributed by atoms with Crippen LogP contribution in [0.5, 0.6) is 0 Å². The van der Waals surface area contributed by atoms with Gasteiger partial charge in [-0.2, -0.15) is 0 Å². The van der Waals surface area contributed by atoms with Gasteiger partial charge < -0.3 is 29.9 Å². The van der Waals surface area contributed by atoms with Crippen molar-refractivity contribution < 1.29 is 33.1 Å². The van der Waals surface area contributed by atoms with Crippen molar-refractivity contribution in [3.63, 3.8) is 0 Å². The van der Waals surface area contributed by atoms with Gasteiger partial charge in [0, 0.05) is 27.8 Å². The van der Waals surface area contributed by atoms with Gasteiger partial charge in [-0.05, 0) is 55.7 Å². The number of amides is 3. The molecular weight excluding hydrogens is 554 g/mol. The summed E-state index contributed by atoms with van der Waals surface area (Å²) in [4.78, 5) is 61.3. The van der Waals surface area contributed by atoms with Crippen molar-refractivity contribution in [1.82, 2.24) is 16.0 Å². The SMILES string of the molecule is Cc1coc2c(C)c3oc(=O)c(CC(=O)NCC(=O)NCC(=O)NC(Cc4ccc(Cl)cc4)C(=O)O)c(C)c3cc12. The van der Waals surface area contributed by atoms with Gasteiger partial charge in [-0.3, -0.25) is 14.4 Å². The van der Waals surface area contributed by atoms with Crippen LogP contribution in [0, 0.1) is 20.8 Å². The van der Waals surface area contributed by atoms with Gasteiger partial charge in [0.25, 0.3) is 0 Å². The molecule has 2 heterocycles. The summed E-state index contributed by atoms with van der Waals surface area (Å²) in [6, 6.07) is 7.17. The Balaban J connectivity index is 1.31. The molecule has 0 aliphatic carbocycles. The topological polar surface area (TPSA) is 168 Å². The Bertz CT molecular complexity index is 1720. The summed E-state index contributed by atoms with van der Waals surface area (Å²) >= 11 is 5.84. The first kappa shape index (κ1) is 29.3. The number of rotatable bonds is 10. The van der Waals surface area contributed by atoms with Crippen LogP contribution in [-0.2, 0) is 32.0 Å². The van der Waals surface area contributed by atoms with E-state index in [1.807, 2.05) is 13.0 Å². The first-order valence-corrected chi connectivity index (χ1v) is 13.1. The van der Waals surface area contributed by atoms with E-state index in [4.69, 9.17) is 20.4 Å². The van der Waals surface area contributed by atoms with E-state index in [1.54, 1.807) is 44.4 Å². The predicted octanol–water partition coefficient (Wildman–Crippen LogP) is 2.70. The first-order chi connectivity index (χ1) is 19.4. The van der Waals surface area contributed by atoms with E-state index in [1.165, 1.54) is 0 Å². The molecule has 0 fully saturated rings. The number of carboxylic acid groups (broad SMARTS) is 1. The summed E-state index contributed by atoms with van der Waals surface area (Å²) in [6.45, 7) is 4.48. The molecule has 12 heteroatoms. The maximum absolute atomic E-state index is 12.7. The number of hydrogen-bond donors (Lipinski definition) is 4. The van der Waals surface area contributed by atoms with Crippen molar-refractivity contribution in [2.24, 2.45) is 0 Å². The van der Waals surface area contributed by atoms with Gasteiger partial charge in [0.05, 0.1) is 31.3 Å². The standard InChI is InChI=1S/C29H28ClN3O8/c1-14-13-40-26-16(3)27-20(9-19(14)26)15(2)21(29(39)41-27)10-23(34)31-11-24(35)32-12-25(36)33-22(28(37)38)8-17-4-6-18(30)7-5-17/h4-7,9,13,22H,8,10-12H2,1-3H3,(H,31,34)(H,32,35)(H,33,36)(H,37,38). The summed E-state index contributed by atoms with van der Waals surface area (Å²) < 4.78 is 11.1. The molecule has 2 aromatic heterocycles. The molecule has 3 amide bonds. The van der Waals surface area contributed by atoms with Crippen molar-refractivity contribution in [3.05, 3.63) is 79.9 Å². The van der Waals surface area contributed by atoms with Gasteiger partial charge in [-0.15, -0.1) is 0 Å². The number of benzene rings is 2. The number of carbonyl (C=O) groups is 4. The van der Waals surface area contributed by atoms with Crippen LogP contribution < -0.4 is 21.6 Å². The Morgan fingerprint density at radius 1 is 0.902 bits per heavy atom. The second-order valence-corrected chi connectivity index (χ2v) is 10.1. The Morgan fingerprint density at radius 3 is 2.24 bits per heavy atom. The minimum Gasteiger partial charge on any atom is -0.480 e. The lowest BCUT2D eigenvalue weighted by molar-refractivity contribution is -0.141. The molecule has 2 aromatic carbocycles. The Hall–Kier alpha value is -4.64. The van der Waals surface area contributed by atoms with Gasteiger partial charge in [0.2, 0.25) is 17.7 Å². The molecule has 214 valence electrons. The number of nitrogens with one attached hydrogen (secondary N) is 3. The van der Waals surface area contributed by atoms with E-state index >= 15 is 0 Å². The molecule has 4 rings (SSSR count). The predicted molar refractivity (Wildman–Crippen MR) is 151 cm³/mol. The fourth-order valence-electron chi connectivity index (χ4n) is 4.47. The molecule has 0 aliphatic heterocycles. The number of furan rings is 1. The molecule has 1 unspecified atom stereocenters. The van der Waals surface area contributed by atoms with Crippen LogP contribution in [-0.4, -0.2) is 47.9 Å². The lowest BCUT2D eigenvalue weighted by Gasteiger charge is -2.15. The number of aryl methyl sites for hydroxylation is 3. The molecular formula is C29H28ClN3O8. The largest absolute Gasteiger partial charge is 0.480 e. The summed E-state index contributed by atoms with van der Waals surface area (Å²) in [6.07, 6.45) is 1.33. The van der Waals surface area contributed by atoms with E-state index in [2.05, 4.69) is 16.0 Å². The highest BCUT2D eigenvalue weighted by molar-refractivity contribution is 6.30. The third-order valence-corrected chi connectivity index (χ3v) is 7.00. The molecule has 0 aliphatic rings. The van der Waals surface area contributed by atoms with Crippen LogP contribution >= 0.6 is 11.6 Å². The third kappa shape index (κ3) is 6.75. The normalized spacial score (nSPS) is 11.8. The number of carbonyl (C=O) groups excluding carboxylic acids is 3. The zero-order valence-corrected chi connectivity index (χ0v) is 23.3. The van der Waals surface area contributed by atoms with Crippen molar-refractivity contribution in [2.75, 3.05) is 13.1 Å². The Labute approximate surface area is 238 Å². The van der Waals surface area contributed by atoms with Crippen molar-refractivity contribution in [3.8, 4) is 0 Å². The fraction of sp³-hybridized carbons (Fsp3) is 0.276. The van der Waals surface area contributed by atoms with E-state index in [9.17, 15) is 29.1 Å². The zero-order chi connectivity index (χ0) is 29.8. The molecule has 0 saturated carbocycles. The number of halogens is 1. The average molecular weight is 582 g/mol. The van der Waals surface area contributed by atoms with Crippen LogP contribution in [0.15, 0.2) is 50.2 Å². The summed E-state index contributed by atoms with van der Waals surface area (Å²) in [7, 11) is 0. The Morgan fingerprint density at radius 2 is 1.56 bits per heavy atom. The molecule has 1 atom stereocenters. The quantitative estimate of drug-likeness (QED) is 0.207. The lowest BCUT2D eigenvalue weighted by Crippen LogP contribution is -2.47. The molecule has 4 aromatic rings. The molecule has 41 heavy (non-hydrogen) atoms. The second kappa shape index (κ2) is 12.3. The van der Waals surface area contributed by atoms with Crippen LogP contribution in [0.4, 0.5) is 0 Å². The minimum absolute atomic E-state index is 0.0244. The van der Waals surface area contributed by atoms with Gasteiger partial charge >= 0.3 is 11.6 Å². The van der Waals surface area contributed by atoms with Gasteiger partial charge in [0.15, 0.2) is 0 Å². The maximum atomic E-state index is 12.7. The van der Waals surface area contributed by atoms with E-state index in [0.29, 0.717) is 38.3 Å². The lowest BCUT2D eigenvalue weighted by atomic mass is 9.99. The molecule has 0 radical (unpaired) electrons. The highest BCUT2D eigenvalue weighted by Gasteiger charge is 2.22. The minimum atomic E-state index is -1.24. The number of hydrogen-bond acceptors (Lipinski definition) is 7. The summed E-state index contributed by atoms with van der Waals surface area (Å²) in [5, 5.41) is 18.6. The summed E-state index contributed by atoms with van der Waals surface area (Å²) in [5.41, 5.74) is 3.36. The van der Waals surface area contributed by atoms with Gasteiger partial charge in [-0.1, -0.05) is 23.7 Å². The van der Waals surface area contributed by atoms with E-state index in [-0.39, 0.29) is 18.4 Å². The first-order valence-electron chi connectivity index (χ1n) is 12.7. The third-order valence-electron chi connectivity index (χ3n) is 6.75. The Kier molecular flexibility index (Phi) is 8.77. The molecule has 4 N–H and O–H groups in total. The maximum Gasteiger partial charge on any atom is 0.340 e. The molecule has 11 nitrogen and oxygen atoms in total. The smallest absolute Gasteiger partial charge is 0.340 e. The molecule has 0 spiro atoms. The van der Waals surface area contributed by atoms with E-state index < -0.39 is 48.4 Å². The fourth-order valence-corrected chi connectivity index (χ4v) is 4.59. The highest BCUT2D eigenvalue weighted by Crippen LogP contribution is 2.32. The monoisotopic (exact) mass is 581 g/mol. The van der Waals surface area contributed by atoms with Crippen LogP contribution in [0.25, 0.3) is 21.9 Å². The highest BCUT2D eigenvalue weighted by atomic mass is 35.5. The van der Waals surface area contributed by atoms with Gasteiger partial charge in [-0.25, -0.2) is 9.59 Å². The van der Waals surface area contributed by atoms with E-state index in [0.717, 1.165) is 10.9 Å². The number of carboxylic acids is 1. The average Bonchev–Trinajstić information content (AvgIpc) is 3.30. The second-order valence-electron chi connectivity index (χ2n) is 9.69. The summed E-state index contributed by atoms with van der Waals surface area (Å²) in [5.74, 6) is -3.22. The van der Waals surface area contributed by atoms with Crippen molar-refractivity contribution >= 4 is 57.2 Å². The molecule has 0 saturated heterocycles. The van der Waals surface area contributed by atoms with Crippen LogP contribution in [0.2, 0.25) is 5.02 Å². The van der Waals surface area contributed by atoms with Crippen LogP contribution in [0.3, 0.4) is 0 Å².